The van der Waals surface area contributed by atoms with Crippen molar-refractivity contribution in [1.29, 1.82) is 0 Å². The zero-order chi connectivity index (χ0) is 23.8. The zero-order valence-electron chi connectivity index (χ0n) is 20.3. The minimum absolute atomic E-state index is 0.0682. The Hall–Kier alpha value is -2.97. The third-order valence-electron chi connectivity index (χ3n) is 7.40. The molecule has 1 saturated heterocycles. The molecule has 4 rings (SSSR count). The van der Waals surface area contributed by atoms with E-state index in [4.69, 9.17) is 11.2 Å². The zero-order valence-corrected chi connectivity index (χ0v) is 20.3. The molecule has 34 heavy (non-hydrogen) atoms. The molecule has 1 heterocycles. The van der Waals surface area contributed by atoms with Gasteiger partial charge in [-0.15, -0.1) is 6.42 Å². The molecule has 180 valence electrons. The average molecular weight is 460 g/mol. The summed E-state index contributed by atoms with van der Waals surface area (Å²) in [6, 6.07) is 18.4. The number of piperazine rings is 1. The molecule has 1 aliphatic carbocycles. The number of hydrogen-bond donors (Lipinski definition) is 1. The van der Waals surface area contributed by atoms with Crippen molar-refractivity contribution in [1.82, 2.24) is 10.2 Å². The van der Waals surface area contributed by atoms with Crippen molar-refractivity contribution in [3.63, 3.8) is 0 Å². The molecular formula is C29H37N3O2. The van der Waals surface area contributed by atoms with Crippen molar-refractivity contribution in [2.45, 2.75) is 50.0 Å². The van der Waals surface area contributed by atoms with Gasteiger partial charge in [0.2, 0.25) is 5.91 Å². The third-order valence-corrected chi connectivity index (χ3v) is 7.40. The van der Waals surface area contributed by atoms with Crippen LogP contribution in [0.5, 0.6) is 5.75 Å². The molecule has 5 heteroatoms. The average Bonchev–Trinajstić information content (AvgIpc) is 2.90. The van der Waals surface area contributed by atoms with Crippen molar-refractivity contribution in [3.05, 3.63) is 60.2 Å². The van der Waals surface area contributed by atoms with Crippen molar-refractivity contribution < 1.29 is 9.53 Å². The number of carbonyl (C=O) groups is 1. The number of hydrogen-bond acceptors (Lipinski definition) is 4. The standard InChI is InChI=1S/C29H37N3O2/c1-3-29(17-10-5-11-18-29)30-28(33)25(24-12-6-4-7-13-24)16-19-31-20-22-32(23-21-31)26-14-8-9-15-27(26)34-2/h1,4,6-9,12-15,25H,5,10-11,16-23H2,2H3,(H,30,33). The lowest BCUT2D eigenvalue weighted by Gasteiger charge is -2.37. The number of anilines is 1. The molecule has 1 N–H and O–H groups in total. The molecule has 2 fully saturated rings. The lowest BCUT2D eigenvalue weighted by atomic mass is 9.81. The number of terminal acetylenes is 1. The fraction of sp³-hybridized carbons (Fsp3) is 0.483. The molecule has 1 saturated carbocycles. The van der Waals surface area contributed by atoms with Crippen molar-refractivity contribution in [3.8, 4) is 18.1 Å². The molecule has 2 aliphatic rings. The van der Waals surface area contributed by atoms with Crippen molar-refractivity contribution in [2.75, 3.05) is 44.7 Å². The van der Waals surface area contributed by atoms with Gasteiger partial charge in [-0.2, -0.15) is 0 Å². The smallest absolute Gasteiger partial charge is 0.228 e. The van der Waals surface area contributed by atoms with E-state index in [2.05, 4.69) is 45.3 Å². The highest BCUT2D eigenvalue weighted by molar-refractivity contribution is 5.84. The number of methoxy groups -OCH3 is 1. The Kier molecular flexibility index (Phi) is 8.13. The number of ether oxygens (including phenoxy) is 1. The largest absolute Gasteiger partial charge is 0.495 e. The second kappa shape index (κ2) is 11.4. The first-order chi connectivity index (χ1) is 16.6. The number of amides is 1. The Morgan fingerprint density at radius 1 is 1.03 bits per heavy atom. The second-order valence-electron chi connectivity index (χ2n) is 9.53. The number of nitrogens with one attached hydrogen (secondary N) is 1. The Bertz CT molecular complexity index is 970. The van der Waals surface area contributed by atoms with Gasteiger partial charge in [0, 0.05) is 26.2 Å². The fourth-order valence-electron chi connectivity index (χ4n) is 5.33. The lowest BCUT2D eigenvalue weighted by Crippen LogP contribution is -2.51. The molecule has 0 spiro atoms. The first-order valence-corrected chi connectivity index (χ1v) is 12.6. The maximum atomic E-state index is 13.5. The van der Waals surface area contributed by atoms with Crippen LogP contribution in [0, 0.1) is 12.3 Å². The molecule has 1 unspecified atom stereocenters. The van der Waals surface area contributed by atoms with E-state index in [-0.39, 0.29) is 11.8 Å². The maximum absolute atomic E-state index is 13.5. The van der Waals surface area contributed by atoms with E-state index >= 15 is 0 Å². The van der Waals surface area contributed by atoms with E-state index in [0.717, 1.165) is 81.8 Å². The molecule has 0 bridgehead atoms. The van der Waals surface area contributed by atoms with Crippen LogP contribution in [-0.2, 0) is 4.79 Å². The molecule has 1 aliphatic heterocycles. The van der Waals surface area contributed by atoms with Crippen LogP contribution in [0.15, 0.2) is 54.6 Å². The van der Waals surface area contributed by atoms with Gasteiger partial charge in [0.25, 0.3) is 0 Å². The van der Waals surface area contributed by atoms with Gasteiger partial charge in [-0.25, -0.2) is 0 Å². The normalized spacial score (nSPS) is 19.1. The highest BCUT2D eigenvalue weighted by atomic mass is 16.5. The van der Waals surface area contributed by atoms with Gasteiger partial charge in [-0.05, 0) is 43.5 Å². The number of nitrogens with zero attached hydrogens (tertiary/aromatic N) is 2. The molecule has 0 aromatic heterocycles. The number of carbonyl (C=O) groups excluding carboxylic acids is 1. The lowest BCUT2D eigenvalue weighted by molar-refractivity contribution is -0.124. The van der Waals surface area contributed by atoms with E-state index in [1.54, 1.807) is 7.11 Å². The predicted octanol–water partition coefficient (Wildman–Crippen LogP) is 4.44. The minimum atomic E-state index is -0.483. The topological polar surface area (TPSA) is 44.8 Å². The van der Waals surface area contributed by atoms with E-state index in [9.17, 15) is 4.79 Å². The van der Waals surface area contributed by atoms with E-state index in [0.29, 0.717) is 0 Å². The summed E-state index contributed by atoms with van der Waals surface area (Å²) in [7, 11) is 1.72. The van der Waals surface area contributed by atoms with E-state index in [1.807, 2.05) is 30.3 Å². The Labute approximate surface area is 204 Å². The summed E-state index contributed by atoms with van der Waals surface area (Å²) < 4.78 is 5.55. The van der Waals surface area contributed by atoms with Crippen LogP contribution in [0.4, 0.5) is 5.69 Å². The van der Waals surface area contributed by atoms with Crippen LogP contribution in [0.1, 0.15) is 50.0 Å². The molecule has 0 radical (unpaired) electrons. The quantitative estimate of drug-likeness (QED) is 0.593. The summed E-state index contributed by atoms with van der Waals surface area (Å²) in [6.45, 7) is 4.71. The maximum Gasteiger partial charge on any atom is 0.228 e. The van der Waals surface area contributed by atoms with Gasteiger partial charge < -0.3 is 15.0 Å². The van der Waals surface area contributed by atoms with Crippen molar-refractivity contribution in [2.24, 2.45) is 0 Å². The van der Waals surface area contributed by atoms with Gasteiger partial charge in [-0.3, -0.25) is 9.69 Å². The summed E-state index contributed by atoms with van der Waals surface area (Å²) in [6.07, 6.45) is 11.8. The van der Waals surface area contributed by atoms with Gasteiger partial charge in [-0.1, -0.05) is 67.6 Å². The molecule has 2 aromatic carbocycles. The van der Waals surface area contributed by atoms with Crippen LogP contribution >= 0.6 is 0 Å². The van der Waals surface area contributed by atoms with Gasteiger partial charge in [0.05, 0.1) is 18.7 Å². The monoisotopic (exact) mass is 459 g/mol. The van der Waals surface area contributed by atoms with Crippen LogP contribution in [-0.4, -0.2) is 56.2 Å². The van der Waals surface area contributed by atoms with E-state index in [1.165, 1.54) is 6.42 Å². The fourth-order valence-corrected chi connectivity index (χ4v) is 5.33. The Morgan fingerprint density at radius 3 is 2.38 bits per heavy atom. The Balaban J connectivity index is 1.38. The molecule has 2 aromatic rings. The van der Waals surface area contributed by atoms with Crippen LogP contribution in [0.25, 0.3) is 0 Å². The van der Waals surface area contributed by atoms with Crippen molar-refractivity contribution >= 4 is 11.6 Å². The summed E-state index contributed by atoms with van der Waals surface area (Å²) in [5.41, 5.74) is 1.73. The van der Waals surface area contributed by atoms with Gasteiger partial charge >= 0.3 is 0 Å². The van der Waals surface area contributed by atoms with Crippen LogP contribution in [0.3, 0.4) is 0 Å². The first kappa shape index (κ1) is 24.2. The summed E-state index contributed by atoms with van der Waals surface area (Å²) >= 11 is 0. The van der Waals surface area contributed by atoms with Gasteiger partial charge in [0.15, 0.2) is 0 Å². The predicted molar refractivity (Wildman–Crippen MR) is 138 cm³/mol. The van der Waals surface area contributed by atoms with E-state index < -0.39 is 5.54 Å². The number of benzene rings is 2. The summed E-state index contributed by atoms with van der Waals surface area (Å²) in [4.78, 5) is 18.4. The second-order valence-corrected chi connectivity index (χ2v) is 9.53. The van der Waals surface area contributed by atoms with Crippen LogP contribution < -0.4 is 15.0 Å². The number of para-hydroxylation sites is 2. The van der Waals surface area contributed by atoms with Gasteiger partial charge in [0.1, 0.15) is 11.3 Å². The highest BCUT2D eigenvalue weighted by Gasteiger charge is 2.34. The highest BCUT2D eigenvalue weighted by Crippen LogP contribution is 2.31. The number of rotatable bonds is 8. The Morgan fingerprint density at radius 2 is 1.71 bits per heavy atom. The molecule has 1 amide bonds. The molecule has 5 nitrogen and oxygen atoms in total. The third kappa shape index (κ3) is 5.74. The summed E-state index contributed by atoms with van der Waals surface area (Å²) in [5, 5.41) is 3.29. The minimum Gasteiger partial charge on any atom is -0.495 e. The molecular weight excluding hydrogens is 422 g/mol. The SMILES string of the molecule is C#CC1(NC(=O)C(CCN2CCN(c3ccccc3OC)CC2)c2ccccc2)CCCCC1. The van der Waals surface area contributed by atoms with Crippen LogP contribution in [0.2, 0.25) is 0 Å². The first-order valence-electron chi connectivity index (χ1n) is 12.6. The molecule has 1 atom stereocenters. The summed E-state index contributed by atoms with van der Waals surface area (Å²) in [5.74, 6) is 3.72.